The number of carbonyl (C=O) groups is 2. The van der Waals surface area contributed by atoms with Gasteiger partial charge >= 0.3 is 6.09 Å². The molecule has 2 aromatic heterocycles. The van der Waals surface area contributed by atoms with Gasteiger partial charge in [0.1, 0.15) is 23.5 Å². The molecule has 31 heavy (non-hydrogen) atoms. The number of nitriles is 1. The predicted octanol–water partition coefficient (Wildman–Crippen LogP) is 2.85. The number of carbonyl (C=O) groups excluding carboxylic acids is 2. The third-order valence-electron chi connectivity index (χ3n) is 4.73. The summed E-state index contributed by atoms with van der Waals surface area (Å²) >= 11 is 1.53. The summed E-state index contributed by atoms with van der Waals surface area (Å²) in [5.41, 5.74) is -0.141. The fourth-order valence-electron chi connectivity index (χ4n) is 3.40. The summed E-state index contributed by atoms with van der Waals surface area (Å²) in [4.78, 5) is 32.6. The second kappa shape index (κ2) is 9.79. The smallest absolute Gasteiger partial charge is 0.408 e. The number of pyridine rings is 1. The van der Waals surface area contributed by atoms with Gasteiger partial charge in [-0.1, -0.05) is 6.07 Å². The predicted molar refractivity (Wildman–Crippen MR) is 119 cm³/mol. The lowest BCUT2D eigenvalue weighted by atomic mass is 10.1. The van der Waals surface area contributed by atoms with E-state index in [0.717, 1.165) is 11.3 Å². The standard InChI is InChI=1S/C22H27N5O3S/c1-22(2,3)30-21(29)26-18(12-17-7-5-11-31-17)20(28)25-16-8-10-27(14-16)19-15(13-23)6-4-9-24-19/h4-7,9,11,16,18H,8,10,12,14H2,1-3H3,(H,25,28)(H,26,29)/t16-,18-/m0/s1. The van der Waals surface area contributed by atoms with Crippen LogP contribution in [0.2, 0.25) is 0 Å². The van der Waals surface area contributed by atoms with Gasteiger partial charge in [0.25, 0.3) is 0 Å². The monoisotopic (exact) mass is 441 g/mol. The van der Waals surface area contributed by atoms with E-state index >= 15 is 0 Å². The summed E-state index contributed by atoms with van der Waals surface area (Å²) in [6, 6.07) is 8.62. The van der Waals surface area contributed by atoms with Crippen LogP contribution in [0.5, 0.6) is 0 Å². The summed E-state index contributed by atoms with van der Waals surface area (Å²) in [6.07, 6.45) is 2.15. The summed E-state index contributed by atoms with van der Waals surface area (Å²) in [6.45, 7) is 6.57. The van der Waals surface area contributed by atoms with E-state index in [0.29, 0.717) is 30.9 Å². The average Bonchev–Trinajstić information content (AvgIpc) is 3.38. The van der Waals surface area contributed by atoms with Crippen LogP contribution in [0.25, 0.3) is 0 Å². The SMILES string of the molecule is CC(C)(C)OC(=O)N[C@@H](Cc1cccs1)C(=O)N[C@H]1CCN(c2ncccc2C#N)C1. The number of hydrogen-bond acceptors (Lipinski definition) is 7. The molecule has 2 N–H and O–H groups in total. The minimum absolute atomic E-state index is 0.104. The van der Waals surface area contributed by atoms with Crippen LogP contribution in [-0.2, 0) is 16.0 Å². The Labute approximate surface area is 186 Å². The molecule has 0 bridgehead atoms. The molecule has 1 aliphatic rings. The van der Waals surface area contributed by atoms with E-state index in [1.807, 2.05) is 22.4 Å². The zero-order chi connectivity index (χ0) is 22.4. The number of thiophene rings is 1. The number of nitrogens with zero attached hydrogens (tertiary/aromatic N) is 3. The van der Waals surface area contributed by atoms with Gasteiger partial charge in [0, 0.05) is 36.6 Å². The number of aromatic nitrogens is 1. The second-order valence-electron chi connectivity index (χ2n) is 8.41. The van der Waals surface area contributed by atoms with Crippen LogP contribution >= 0.6 is 11.3 Å². The highest BCUT2D eigenvalue weighted by Crippen LogP contribution is 2.22. The van der Waals surface area contributed by atoms with Crippen LogP contribution in [0.15, 0.2) is 35.8 Å². The van der Waals surface area contributed by atoms with Crippen LogP contribution in [-0.4, -0.2) is 47.8 Å². The molecule has 0 aliphatic carbocycles. The average molecular weight is 442 g/mol. The minimum atomic E-state index is -0.743. The molecule has 3 heterocycles. The van der Waals surface area contributed by atoms with Crippen LogP contribution in [0, 0.1) is 11.3 Å². The molecular weight excluding hydrogens is 414 g/mol. The Bertz CT molecular complexity index is 949. The van der Waals surface area contributed by atoms with Crippen molar-refractivity contribution in [3.63, 3.8) is 0 Å². The number of ether oxygens (including phenoxy) is 1. The maximum atomic E-state index is 13.0. The molecule has 8 nitrogen and oxygen atoms in total. The first-order valence-electron chi connectivity index (χ1n) is 10.2. The fraction of sp³-hybridized carbons (Fsp3) is 0.455. The first-order valence-corrected chi connectivity index (χ1v) is 11.1. The molecule has 0 unspecified atom stereocenters. The maximum Gasteiger partial charge on any atom is 0.408 e. The molecule has 2 amide bonds. The molecule has 1 fully saturated rings. The number of amides is 2. The molecule has 1 saturated heterocycles. The Morgan fingerprint density at radius 2 is 2.19 bits per heavy atom. The molecule has 0 saturated carbocycles. The van der Waals surface area contributed by atoms with Gasteiger partial charge < -0.3 is 20.3 Å². The van der Waals surface area contributed by atoms with Crippen LogP contribution in [0.4, 0.5) is 10.6 Å². The summed E-state index contributed by atoms with van der Waals surface area (Å²) in [5, 5.41) is 17.0. The number of anilines is 1. The van der Waals surface area contributed by atoms with Crippen molar-refractivity contribution in [2.45, 2.75) is 51.3 Å². The maximum absolute atomic E-state index is 13.0. The zero-order valence-electron chi connectivity index (χ0n) is 17.9. The Balaban J connectivity index is 1.64. The molecule has 2 atom stereocenters. The third-order valence-corrected chi connectivity index (χ3v) is 5.63. The van der Waals surface area contributed by atoms with Crippen molar-refractivity contribution in [2.24, 2.45) is 0 Å². The largest absolute Gasteiger partial charge is 0.444 e. The Morgan fingerprint density at radius 3 is 2.87 bits per heavy atom. The van der Waals surface area contributed by atoms with E-state index in [9.17, 15) is 14.9 Å². The number of hydrogen-bond donors (Lipinski definition) is 2. The van der Waals surface area contributed by atoms with E-state index in [2.05, 4.69) is 21.7 Å². The van der Waals surface area contributed by atoms with Crippen LogP contribution in [0.3, 0.4) is 0 Å². The van der Waals surface area contributed by atoms with Gasteiger partial charge in [-0.05, 0) is 50.8 Å². The number of alkyl carbamates (subject to hydrolysis) is 1. The molecule has 3 rings (SSSR count). The van der Waals surface area contributed by atoms with Gasteiger partial charge in [0.05, 0.1) is 5.56 Å². The number of rotatable bonds is 6. The molecular formula is C22H27N5O3S. The van der Waals surface area contributed by atoms with E-state index < -0.39 is 17.7 Å². The van der Waals surface area contributed by atoms with Gasteiger partial charge in [0.2, 0.25) is 5.91 Å². The highest BCUT2D eigenvalue weighted by atomic mass is 32.1. The normalized spacial score (nSPS) is 17.0. The quantitative estimate of drug-likeness (QED) is 0.714. The van der Waals surface area contributed by atoms with Crippen molar-refractivity contribution < 1.29 is 14.3 Å². The lowest BCUT2D eigenvalue weighted by Gasteiger charge is -2.24. The van der Waals surface area contributed by atoms with Crippen LogP contribution in [0.1, 0.15) is 37.6 Å². The molecule has 1 aliphatic heterocycles. The van der Waals surface area contributed by atoms with Crippen molar-refractivity contribution in [3.8, 4) is 6.07 Å². The molecule has 9 heteroatoms. The Morgan fingerprint density at radius 1 is 1.39 bits per heavy atom. The van der Waals surface area contributed by atoms with Crippen molar-refractivity contribution >= 4 is 29.2 Å². The molecule has 0 aromatic carbocycles. The third kappa shape index (κ3) is 6.43. The fourth-order valence-corrected chi connectivity index (χ4v) is 4.15. The Kier molecular flexibility index (Phi) is 7.13. The molecule has 0 spiro atoms. The molecule has 164 valence electrons. The van der Waals surface area contributed by atoms with Crippen molar-refractivity contribution in [2.75, 3.05) is 18.0 Å². The van der Waals surface area contributed by atoms with Gasteiger partial charge in [-0.15, -0.1) is 11.3 Å². The van der Waals surface area contributed by atoms with Crippen LogP contribution < -0.4 is 15.5 Å². The Hall–Kier alpha value is -3.12. The zero-order valence-corrected chi connectivity index (χ0v) is 18.7. The molecule has 0 radical (unpaired) electrons. The summed E-state index contributed by atoms with van der Waals surface area (Å²) < 4.78 is 5.33. The van der Waals surface area contributed by atoms with E-state index in [1.165, 1.54) is 11.3 Å². The highest BCUT2D eigenvalue weighted by Gasteiger charge is 2.30. The van der Waals surface area contributed by atoms with Gasteiger partial charge in [-0.3, -0.25) is 4.79 Å². The van der Waals surface area contributed by atoms with Crippen molar-refractivity contribution in [1.82, 2.24) is 15.6 Å². The van der Waals surface area contributed by atoms with E-state index in [4.69, 9.17) is 4.74 Å². The van der Waals surface area contributed by atoms with Gasteiger partial charge in [0.15, 0.2) is 0 Å². The number of nitrogens with one attached hydrogen (secondary N) is 2. The van der Waals surface area contributed by atoms with E-state index in [-0.39, 0.29) is 11.9 Å². The summed E-state index contributed by atoms with van der Waals surface area (Å²) in [5.74, 6) is 0.372. The first kappa shape index (κ1) is 22.6. The second-order valence-corrected chi connectivity index (χ2v) is 9.44. The highest BCUT2D eigenvalue weighted by molar-refractivity contribution is 7.09. The molecule has 2 aromatic rings. The summed E-state index contributed by atoms with van der Waals surface area (Å²) in [7, 11) is 0. The minimum Gasteiger partial charge on any atom is -0.444 e. The topological polar surface area (TPSA) is 107 Å². The van der Waals surface area contributed by atoms with Crippen molar-refractivity contribution in [3.05, 3.63) is 46.3 Å². The van der Waals surface area contributed by atoms with Gasteiger partial charge in [-0.2, -0.15) is 5.26 Å². The first-order chi connectivity index (χ1) is 14.7. The van der Waals surface area contributed by atoms with Gasteiger partial charge in [-0.25, -0.2) is 9.78 Å². The van der Waals surface area contributed by atoms with Crippen molar-refractivity contribution in [1.29, 1.82) is 5.26 Å². The lowest BCUT2D eigenvalue weighted by Crippen LogP contribution is -2.52. The lowest BCUT2D eigenvalue weighted by molar-refractivity contribution is -0.123. The van der Waals surface area contributed by atoms with E-state index in [1.54, 1.807) is 39.1 Å².